The maximum Gasteiger partial charge on any atom is 0.416 e. The lowest BCUT2D eigenvalue weighted by Crippen LogP contribution is -2.75. The maximum absolute atomic E-state index is 14.2. The third-order valence-electron chi connectivity index (χ3n) is 14.2. The van der Waals surface area contributed by atoms with E-state index >= 15 is 0 Å². The summed E-state index contributed by atoms with van der Waals surface area (Å²) in [4.78, 5) is 14.3. The average molecular weight is 1260 g/mol. The first kappa shape index (κ1) is 64.4. The van der Waals surface area contributed by atoms with E-state index in [1.165, 1.54) is 37.2 Å². The molecule has 9 rings (SSSR count). The van der Waals surface area contributed by atoms with E-state index in [-0.39, 0.29) is 16.7 Å². The van der Waals surface area contributed by atoms with Crippen LogP contribution >= 0.6 is 0 Å². The fourth-order valence-electron chi connectivity index (χ4n) is 10.4. The van der Waals surface area contributed by atoms with E-state index in [0.29, 0.717) is 11.0 Å². The first-order chi connectivity index (χ1) is 39.4. The molecule has 0 saturated heterocycles. The Kier molecular flexibility index (Phi) is 16.7. The minimum absolute atomic E-state index is 0.152. The summed E-state index contributed by atoms with van der Waals surface area (Å²) in [5.74, 6) is 0.791. The Hall–Kier alpha value is -7.58. The van der Waals surface area contributed by atoms with Crippen LogP contribution in [-0.4, -0.2) is 22.9 Å². The van der Waals surface area contributed by atoms with Crippen molar-refractivity contribution in [2.45, 2.75) is 73.4 Å². The van der Waals surface area contributed by atoms with Crippen LogP contribution < -0.4 is 21.9 Å². The molecular weight excluding hydrogens is 1220 g/mol. The Bertz CT molecular complexity index is 3530. The van der Waals surface area contributed by atoms with Gasteiger partial charge in [-0.05, 0) is 77.9 Å². The van der Waals surface area contributed by atoms with Crippen LogP contribution in [0.2, 0.25) is 0 Å². The Morgan fingerprint density at radius 2 is 0.628 bits per heavy atom. The van der Waals surface area contributed by atoms with Crippen molar-refractivity contribution in [2.24, 2.45) is 0 Å². The molecule has 86 heavy (non-hydrogen) atoms. The Morgan fingerprint density at radius 1 is 0.349 bits per heavy atom. The van der Waals surface area contributed by atoms with Gasteiger partial charge in [0.25, 0.3) is 0 Å². The number of benzene rings is 9. The van der Waals surface area contributed by atoms with Gasteiger partial charge in [0, 0.05) is 27.2 Å². The van der Waals surface area contributed by atoms with E-state index in [4.69, 9.17) is 0 Å². The van der Waals surface area contributed by atoms with Crippen molar-refractivity contribution in [1.29, 1.82) is 0 Å². The van der Waals surface area contributed by atoms with Gasteiger partial charge in [-0.25, -0.2) is 0 Å². The van der Waals surface area contributed by atoms with Crippen molar-refractivity contribution in [1.82, 2.24) is 0 Å². The number of hydrogen-bond donors (Lipinski definition) is 0. The second kappa shape index (κ2) is 22.3. The minimum Gasteiger partial charge on any atom is -0.289 e. The minimum atomic E-state index is -6.13. The predicted molar refractivity (Wildman–Crippen MR) is 277 cm³/mol. The fourth-order valence-corrected chi connectivity index (χ4v) is 12.5. The van der Waals surface area contributed by atoms with E-state index in [2.05, 4.69) is 68.4 Å². The van der Waals surface area contributed by atoms with Crippen LogP contribution in [0, 0.1) is 0 Å². The number of hydrogen-bond acceptors (Lipinski definition) is 1. The average Bonchev–Trinajstić information content (AvgIpc) is 0.720. The highest BCUT2D eigenvalue weighted by Gasteiger charge is 2.47. The van der Waals surface area contributed by atoms with Gasteiger partial charge < -0.3 is 0 Å². The van der Waals surface area contributed by atoms with Crippen molar-refractivity contribution in [3.8, 4) is 0 Å². The highest BCUT2D eigenvalue weighted by Crippen LogP contribution is 2.43. The molecule has 0 spiro atoms. The summed E-state index contributed by atoms with van der Waals surface area (Å²) in [5, 5.41) is 8.21. The van der Waals surface area contributed by atoms with Gasteiger partial charge in [0.1, 0.15) is 11.4 Å². The molecule has 0 bridgehead atoms. The van der Waals surface area contributed by atoms with Gasteiger partial charge >= 0.3 is 49.4 Å². The van der Waals surface area contributed by atoms with Crippen LogP contribution in [0.25, 0.3) is 32.3 Å². The summed E-state index contributed by atoms with van der Waals surface area (Å²) in [6.07, 6.45) is -54.8. The molecule has 0 aliphatic heterocycles. The number of halogens is 24. The standard InChI is InChI=1S/C32H12BF24.C27H23OS/c34-25(35,36)13-1-14(26(37,38)39)6-21(5-13)33(22-7-15(27(40,41)42)2-16(8-22)28(43,44)45,23-9-17(29(46,47)48)3-18(10-23)30(49,50)51)24-11-19(31(52,53)54)4-20(12-24)32(55,56)57;1-18(2)29(17-24(28)19-7-4-3-5-8-19)25-16-14-22-12-11-20-9-6-10-21-13-15-23(25)27(22)26(20)21/h1-12H;3-16,18H,17H2,1-2H3/q-1;+1. The van der Waals surface area contributed by atoms with Crippen molar-refractivity contribution < 1.29 is 110 Å². The van der Waals surface area contributed by atoms with Crippen LogP contribution in [0.3, 0.4) is 0 Å². The molecule has 0 heterocycles. The van der Waals surface area contributed by atoms with Crippen LogP contribution in [0.1, 0.15) is 68.7 Å². The maximum atomic E-state index is 14.2. The molecule has 0 radical (unpaired) electrons. The first-order valence-electron chi connectivity index (χ1n) is 24.7. The molecule has 27 heteroatoms. The number of carbonyl (C=O) groups excluding carboxylic acids is 1. The van der Waals surface area contributed by atoms with Gasteiger partial charge in [-0.15, -0.1) is 0 Å². The molecule has 0 fully saturated rings. The van der Waals surface area contributed by atoms with Crippen LogP contribution in [-0.2, 0) is 60.3 Å². The normalized spacial score (nSPS) is 13.8. The smallest absolute Gasteiger partial charge is 0.289 e. The largest absolute Gasteiger partial charge is 0.416 e. The molecule has 0 aromatic heterocycles. The van der Waals surface area contributed by atoms with Gasteiger partial charge in [-0.1, -0.05) is 115 Å². The Morgan fingerprint density at radius 3 is 0.919 bits per heavy atom. The second-order valence-corrected chi connectivity index (χ2v) is 22.6. The highest BCUT2D eigenvalue weighted by molar-refractivity contribution is 7.98. The summed E-state index contributed by atoms with van der Waals surface area (Å²) in [7, 11) is -0.152. The van der Waals surface area contributed by atoms with Crippen molar-refractivity contribution in [3.05, 3.63) is 208 Å². The van der Waals surface area contributed by atoms with Crippen LogP contribution in [0.4, 0.5) is 105 Å². The first-order valence-corrected chi connectivity index (χ1v) is 26.2. The lowest BCUT2D eigenvalue weighted by Gasteiger charge is -2.46. The molecule has 0 amide bonds. The van der Waals surface area contributed by atoms with Crippen LogP contribution in [0.15, 0.2) is 163 Å². The Balaban J connectivity index is 0.000000274. The zero-order chi connectivity index (χ0) is 63.9. The van der Waals surface area contributed by atoms with E-state index < -0.39 is 195 Å². The fraction of sp³-hybridized carbons (Fsp3) is 0.203. The van der Waals surface area contributed by atoms with Gasteiger partial charge in [-0.2, -0.15) is 127 Å². The second-order valence-electron chi connectivity index (χ2n) is 20.1. The topological polar surface area (TPSA) is 17.1 Å². The molecule has 9 aromatic rings. The summed E-state index contributed by atoms with van der Waals surface area (Å²) in [6.45, 7) is 4.47. The van der Waals surface area contributed by atoms with Crippen molar-refractivity contribution in [3.63, 3.8) is 0 Å². The van der Waals surface area contributed by atoms with E-state index in [1.807, 2.05) is 30.3 Å². The monoisotopic (exact) mass is 1260 g/mol. The zero-order valence-electron chi connectivity index (χ0n) is 43.3. The molecule has 0 saturated carbocycles. The predicted octanol–water partition coefficient (Wildman–Crippen LogP) is 18.1. The summed E-state index contributed by atoms with van der Waals surface area (Å²) < 4.78 is 341. The number of alkyl halides is 24. The van der Waals surface area contributed by atoms with Gasteiger partial charge in [0.15, 0.2) is 10.6 Å². The van der Waals surface area contributed by atoms with E-state index in [1.54, 1.807) is 0 Å². The Labute approximate surface area is 472 Å². The van der Waals surface area contributed by atoms with Crippen molar-refractivity contribution >= 4 is 77.0 Å². The van der Waals surface area contributed by atoms with Crippen molar-refractivity contribution in [2.75, 3.05) is 5.75 Å². The molecule has 1 unspecified atom stereocenters. The van der Waals surface area contributed by atoms with E-state index in [9.17, 15) is 110 Å². The number of rotatable bonds is 9. The SMILES string of the molecule is CC(C)[S+](CC(=O)c1ccccc1)c1ccc2ccc3cccc4ccc1c2c34.FC(F)(F)c1cc([B-](c2cc(C(F)(F)F)cc(C(F)(F)F)c2)(c2cc(C(F)(F)F)cc(C(F)(F)F)c2)c2cc(C(F)(F)F)cc(C(F)(F)F)c2)cc(C(F)(F)F)c1. The van der Waals surface area contributed by atoms with Gasteiger partial charge in [-0.3, -0.25) is 4.79 Å². The molecule has 1 nitrogen and oxygen atoms in total. The number of carbonyl (C=O) groups is 1. The molecule has 0 N–H and O–H groups in total. The lowest BCUT2D eigenvalue weighted by molar-refractivity contribution is -0.144. The molecule has 454 valence electrons. The molecule has 1 atom stereocenters. The van der Waals surface area contributed by atoms with E-state index in [0.717, 1.165) is 5.56 Å². The zero-order valence-corrected chi connectivity index (χ0v) is 44.1. The highest BCUT2D eigenvalue weighted by atomic mass is 32.2. The number of ketones is 1. The van der Waals surface area contributed by atoms with Gasteiger partial charge in [0.2, 0.25) is 5.78 Å². The summed E-state index contributed by atoms with van der Waals surface area (Å²) >= 11 is 0. The van der Waals surface area contributed by atoms with Gasteiger partial charge in [0.05, 0.1) is 44.5 Å². The summed E-state index contributed by atoms with van der Waals surface area (Å²) in [6, 6.07) is 20.8. The quantitative estimate of drug-likeness (QED) is 0.0463. The molecular formula is C59H35BF24OS. The number of Topliss-reactive ketones (excluding diaryl/α,β-unsaturated/α-hetero) is 1. The van der Waals surface area contributed by atoms with Crippen LogP contribution in [0.5, 0.6) is 0 Å². The third-order valence-corrected chi connectivity index (χ3v) is 16.8. The summed E-state index contributed by atoms with van der Waals surface area (Å²) in [5.41, 5.74) is -29.4. The molecule has 0 aliphatic carbocycles. The third kappa shape index (κ3) is 13.2. The molecule has 9 aromatic carbocycles. The lowest BCUT2D eigenvalue weighted by atomic mass is 9.12. The molecule has 0 aliphatic rings.